The first-order chi connectivity index (χ1) is 4.95. The first-order valence-electron chi connectivity index (χ1n) is 3.40. The Kier molecular flexibility index (Phi) is 0.539. The van der Waals surface area contributed by atoms with Gasteiger partial charge in [0.25, 0.3) is 0 Å². The van der Waals surface area contributed by atoms with E-state index in [-0.39, 0.29) is 0 Å². The molecular weight excluding hydrogens is 122 g/mol. The molecule has 0 amide bonds. The molecule has 0 fully saturated rings. The van der Waals surface area contributed by atoms with E-state index < -0.39 is 0 Å². The molecule has 0 unspecified atom stereocenters. The van der Waals surface area contributed by atoms with Crippen molar-refractivity contribution in [1.82, 2.24) is 4.40 Å². The van der Waals surface area contributed by atoms with E-state index in [2.05, 4.69) is 40.8 Å². The zero-order chi connectivity index (χ0) is 6.55. The molecule has 3 heterocycles. The standard InChI is InChI=1S/C9H6N/c1-2-8-5-6-9-4-3-7(1)10(8)9/h1-6H/q-1. The van der Waals surface area contributed by atoms with Crippen LogP contribution in [0.2, 0.25) is 0 Å². The Bertz CT molecular complexity index is 357. The highest BCUT2D eigenvalue weighted by molar-refractivity contribution is 5.76. The van der Waals surface area contributed by atoms with Crippen LogP contribution in [0.1, 0.15) is 0 Å². The number of rotatable bonds is 0. The van der Waals surface area contributed by atoms with Crippen LogP contribution in [0.5, 0.6) is 0 Å². The molecule has 0 spiro atoms. The lowest BCUT2D eigenvalue weighted by Crippen LogP contribution is -1.68. The van der Waals surface area contributed by atoms with E-state index in [1.54, 1.807) is 0 Å². The van der Waals surface area contributed by atoms with Crippen LogP contribution >= 0.6 is 0 Å². The summed E-state index contributed by atoms with van der Waals surface area (Å²) in [5.41, 5.74) is 3.90. The number of nitrogens with zero attached hydrogens (tertiary/aromatic N) is 1. The Morgan fingerprint density at radius 2 is 1.50 bits per heavy atom. The summed E-state index contributed by atoms with van der Waals surface area (Å²) < 4.78 is 2.25. The van der Waals surface area contributed by atoms with Gasteiger partial charge in [-0.05, 0) is 5.52 Å². The lowest BCUT2D eigenvalue weighted by Gasteiger charge is -1.90. The summed E-state index contributed by atoms with van der Waals surface area (Å²) in [5, 5.41) is 0. The van der Waals surface area contributed by atoms with Gasteiger partial charge in [0.1, 0.15) is 0 Å². The molecule has 10 heavy (non-hydrogen) atoms. The normalized spacial score (nSPS) is 12.0. The minimum Gasteiger partial charge on any atom is -0.419 e. The number of hydrogen-bond acceptors (Lipinski definition) is 0. The monoisotopic (exact) mass is 128 g/mol. The molecule has 0 N–H and O–H groups in total. The Morgan fingerprint density at radius 3 is 2.10 bits per heavy atom. The smallest absolute Gasteiger partial charge is 0.0354 e. The van der Waals surface area contributed by atoms with Gasteiger partial charge in [-0.25, -0.2) is 0 Å². The van der Waals surface area contributed by atoms with E-state index in [1.165, 1.54) is 16.6 Å². The molecule has 0 saturated carbocycles. The second-order valence-electron chi connectivity index (χ2n) is 2.61. The first-order valence-corrected chi connectivity index (χ1v) is 3.40. The van der Waals surface area contributed by atoms with Crippen LogP contribution in [0.15, 0.2) is 36.4 Å². The van der Waals surface area contributed by atoms with Gasteiger partial charge >= 0.3 is 0 Å². The molecule has 1 heteroatoms. The van der Waals surface area contributed by atoms with Gasteiger partial charge in [-0.2, -0.15) is 0 Å². The molecule has 0 aromatic carbocycles. The molecule has 3 aromatic rings. The average molecular weight is 128 g/mol. The highest BCUT2D eigenvalue weighted by Gasteiger charge is 1.92. The van der Waals surface area contributed by atoms with Crippen molar-refractivity contribution in [2.24, 2.45) is 0 Å². The fourth-order valence-corrected chi connectivity index (χ4v) is 1.57. The second-order valence-corrected chi connectivity index (χ2v) is 2.61. The van der Waals surface area contributed by atoms with Crippen LogP contribution in [-0.4, -0.2) is 4.40 Å². The maximum absolute atomic E-state index is 2.25. The van der Waals surface area contributed by atoms with Crippen molar-refractivity contribution in [2.45, 2.75) is 0 Å². The van der Waals surface area contributed by atoms with Crippen molar-refractivity contribution in [3.63, 3.8) is 0 Å². The predicted molar refractivity (Wildman–Crippen MR) is 41.7 cm³/mol. The van der Waals surface area contributed by atoms with E-state index in [4.69, 9.17) is 0 Å². The van der Waals surface area contributed by atoms with Crippen molar-refractivity contribution >= 4 is 16.6 Å². The van der Waals surface area contributed by atoms with Crippen molar-refractivity contribution in [3.8, 4) is 0 Å². The molecule has 0 aliphatic carbocycles. The van der Waals surface area contributed by atoms with Gasteiger partial charge in [-0.3, -0.25) is 0 Å². The van der Waals surface area contributed by atoms with Crippen LogP contribution in [-0.2, 0) is 0 Å². The van der Waals surface area contributed by atoms with Crippen molar-refractivity contribution in [1.29, 1.82) is 0 Å². The second kappa shape index (κ2) is 1.21. The van der Waals surface area contributed by atoms with Gasteiger partial charge in [-0.1, -0.05) is 23.2 Å². The molecule has 0 saturated heterocycles. The first kappa shape index (κ1) is 4.45. The predicted octanol–water partition coefficient (Wildman–Crippen LogP) is 2.25. The van der Waals surface area contributed by atoms with Gasteiger partial charge in [0.2, 0.25) is 0 Å². The van der Waals surface area contributed by atoms with Crippen LogP contribution in [0.3, 0.4) is 0 Å². The number of aromatic nitrogens is 1. The number of hydrogen-bond donors (Lipinski definition) is 0. The Labute approximate surface area is 58.2 Å². The van der Waals surface area contributed by atoms with Crippen LogP contribution in [0.25, 0.3) is 16.6 Å². The van der Waals surface area contributed by atoms with Crippen LogP contribution in [0.4, 0.5) is 0 Å². The quantitative estimate of drug-likeness (QED) is 0.409. The van der Waals surface area contributed by atoms with Crippen molar-refractivity contribution in [3.05, 3.63) is 36.4 Å². The third-order valence-electron chi connectivity index (χ3n) is 2.05. The fourth-order valence-electron chi connectivity index (χ4n) is 1.57. The molecule has 1 nitrogen and oxygen atoms in total. The summed E-state index contributed by atoms with van der Waals surface area (Å²) >= 11 is 0. The van der Waals surface area contributed by atoms with E-state index in [0.717, 1.165) is 0 Å². The summed E-state index contributed by atoms with van der Waals surface area (Å²) in [7, 11) is 0. The highest BCUT2D eigenvalue weighted by Crippen LogP contribution is 2.20. The average Bonchev–Trinajstić information content (AvgIpc) is 2.56. The molecular formula is C9H6N-. The Balaban J connectivity index is 2.92. The molecule has 0 aliphatic heterocycles. The van der Waals surface area contributed by atoms with E-state index >= 15 is 0 Å². The summed E-state index contributed by atoms with van der Waals surface area (Å²) in [6.45, 7) is 0. The van der Waals surface area contributed by atoms with Crippen molar-refractivity contribution < 1.29 is 0 Å². The zero-order valence-electron chi connectivity index (χ0n) is 5.41. The molecule has 0 radical (unpaired) electrons. The molecule has 3 rings (SSSR count). The Hall–Kier alpha value is -1.37. The van der Waals surface area contributed by atoms with Crippen LogP contribution in [0, 0.1) is 0 Å². The minimum absolute atomic E-state index is 1.30. The van der Waals surface area contributed by atoms with E-state index in [0.29, 0.717) is 0 Å². The van der Waals surface area contributed by atoms with E-state index in [1.807, 2.05) is 0 Å². The molecule has 0 bridgehead atoms. The maximum Gasteiger partial charge on any atom is -0.0354 e. The van der Waals surface area contributed by atoms with E-state index in [9.17, 15) is 0 Å². The largest absolute Gasteiger partial charge is 0.419 e. The molecule has 0 aliphatic rings. The topological polar surface area (TPSA) is 4.41 Å². The minimum atomic E-state index is 1.30. The van der Waals surface area contributed by atoms with Gasteiger partial charge < -0.3 is 4.40 Å². The fraction of sp³-hybridized carbons (Fsp3) is 0. The third-order valence-corrected chi connectivity index (χ3v) is 2.05. The summed E-state index contributed by atoms with van der Waals surface area (Å²) in [4.78, 5) is 0. The Morgan fingerprint density at radius 1 is 0.900 bits per heavy atom. The van der Waals surface area contributed by atoms with Crippen molar-refractivity contribution in [2.75, 3.05) is 0 Å². The molecule has 48 valence electrons. The third kappa shape index (κ3) is 0.320. The maximum atomic E-state index is 2.25. The van der Waals surface area contributed by atoms with Crippen LogP contribution < -0.4 is 0 Å². The summed E-state index contributed by atoms with van der Waals surface area (Å²) in [5.74, 6) is 0. The summed E-state index contributed by atoms with van der Waals surface area (Å²) in [6, 6.07) is 12.8. The van der Waals surface area contributed by atoms with Gasteiger partial charge in [0, 0.05) is 0 Å². The molecule has 3 aromatic heterocycles. The zero-order valence-corrected chi connectivity index (χ0v) is 5.41. The summed E-state index contributed by atoms with van der Waals surface area (Å²) in [6.07, 6.45) is 0. The van der Waals surface area contributed by atoms with Gasteiger partial charge in [0.05, 0.1) is 0 Å². The highest BCUT2D eigenvalue weighted by atomic mass is 14.9. The lowest BCUT2D eigenvalue weighted by molar-refractivity contribution is 1.39. The molecule has 0 atom stereocenters. The SMILES string of the molecule is c1cc2cc[c-]3ccc1n23. The lowest BCUT2D eigenvalue weighted by atomic mass is 10.5. The van der Waals surface area contributed by atoms with Gasteiger partial charge in [0.15, 0.2) is 0 Å². The van der Waals surface area contributed by atoms with Gasteiger partial charge in [-0.15, -0.1) is 24.3 Å².